The maximum absolute atomic E-state index is 8.84. The van der Waals surface area contributed by atoms with Crippen LogP contribution < -0.4 is 5.32 Å². The van der Waals surface area contributed by atoms with Crippen molar-refractivity contribution in [2.45, 2.75) is 33.2 Å². The fraction of sp³-hybridized carbons (Fsp3) is 0.571. The maximum Gasteiger partial charge on any atom is 0.0434 e. The van der Waals surface area contributed by atoms with Crippen molar-refractivity contribution in [3.8, 4) is 0 Å². The lowest BCUT2D eigenvalue weighted by Gasteiger charge is -2.19. The molecular formula is C14H23NO. The largest absolute Gasteiger partial charge is 0.396 e. The molecule has 0 bridgehead atoms. The van der Waals surface area contributed by atoms with E-state index >= 15 is 0 Å². The Morgan fingerprint density at radius 2 is 1.94 bits per heavy atom. The van der Waals surface area contributed by atoms with E-state index in [2.05, 4.69) is 50.4 Å². The highest BCUT2D eigenvalue weighted by Crippen LogP contribution is 2.16. The Morgan fingerprint density at radius 3 is 2.56 bits per heavy atom. The number of aliphatic hydroxyl groups is 1. The summed E-state index contributed by atoms with van der Waals surface area (Å²) in [4.78, 5) is 0. The SMILES string of the molecule is Cc1ccccc1C(C)NCC(C)CCO. The van der Waals surface area contributed by atoms with Crippen LogP contribution in [0.15, 0.2) is 24.3 Å². The predicted octanol–water partition coefficient (Wildman–Crippen LogP) is 2.66. The van der Waals surface area contributed by atoms with Gasteiger partial charge in [-0.15, -0.1) is 0 Å². The van der Waals surface area contributed by atoms with Gasteiger partial charge in [-0.3, -0.25) is 0 Å². The predicted molar refractivity (Wildman–Crippen MR) is 68.5 cm³/mol. The highest BCUT2D eigenvalue weighted by molar-refractivity contribution is 5.28. The number of aryl methyl sites for hydroxylation is 1. The molecule has 0 heterocycles. The molecule has 1 aromatic carbocycles. The first-order valence-corrected chi connectivity index (χ1v) is 6.05. The fourth-order valence-corrected chi connectivity index (χ4v) is 1.88. The van der Waals surface area contributed by atoms with Crippen LogP contribution in [0.2, 0.25) is 0 Å². The van der Waals surface area contributed by atoms with Gasteiger partial charge in [0.05, 0.1) is 0 Å². The van der Waals surface area contributed by atoms with E-state index in [1.165, 1.54) is 11.1 Å². The first kappa shape index (κ1) is 13.2. The summed E-state index contributed by atoms with van der Waals surface area (Å²) in [7, 11) is 0. The van der Waals surface area contributed by atoms with E-state index in [4.69, 9.17) is 5.11 Å². The number of nitrogens with one attached hydrogen (secondary N) is 1. The van der Waals surface area contributed by atoms with Crippen molar-refractivity contribution in [3.63, 3.8) is 0 Å². The molecular weight excluding hydrogens is 198 g/mol. The van der Waals surface area contributed by atoms with Gasteiger partial charge in [-0.05, 0) is 43.9 Å². The first-order chi connectivity index (χ1) is 7.65. The van der Waals surface area contributed by atoms with Gasteiger partial charge in [0.1, 0.15) is 0 Å². The van der Waals surface area contributed by atoms with Crippen molar-refractivity contribution >= 4 is 0 Å². The second kappa shape index (κ2) is 6.66. The molecule has 90 valence electrons. The van der Waals surface area contributed by atoms with Gasteiger partial charge >= 0.3 is 0 Å². The van der Waals surface area contributed by atoms with Crippen molar-refractivity contribution in [2.24, 2.45) is 5.92 Å². The lowest BCUT2D eigenvalue weighted by atomic mass is 10.0. The summed E-state index contributed by atoms with van der Waals surface area (Å²) < 4.78 is 0. The van der Waals surface area contributed by atoms with Crippen LogP contribution in [0.1, 0.15) is 37.4 Å². The van der Waals surface area contributed by atoms with Gasteiger partial charge < -0.3 is 10.4 Å². The number of hydrogen-bond donors (Lipinski definition) is 2. The Bertz CT molecular complexity index is 311. The molecule has 0 aliphatic rings. The number of benzene rings is 1. The average molecular weight is 221 g/mol. The van der Waals surface area contributed by atoms with Gasteiger partial charge in [0, 0.05) is 12.6 Å². The highest BCUT2D eigenvalue weighted by Gasteiger charge is 2.08. The van der Waals surface area contributed by atoms with E-state index in [-0.39, 0.29) is 6.61 Å². The summed E-state index contributed by atoms with van der Waals surface area (Å²) in [6, 6.07) is 8.84. The molecule has 0 radical (unpaired) electrons. The van der Waals surface area contributed by atoms with Crippen molar-refractivity contribution in [2.75, 3.05) is 13.2 Å². The van der Waals surface area contributed by atoms with Crippen LogP contribution in [0, 0.1) is 12.8 Å². The zero-order chi connectivity index (χ0) is 12.0. The Labute approximate surface area is 98.7 Å². The highest BCUT2D eigenvalue weighted by atomic mass is 16.3. The van der Waals surface area contributed by atoms with Crippen molar-refractivity contribution in [1.29, 1.82) is 0 Å². The molecule has 0 amide bonds. The molecule has 0 aliphatic carbocycles. The molecule has 1 rings (SSSR count). The summed E-state index contributed by atoms with van der Waals surface area (Å²) in [6.45, 7) is 7.73. The van der Waals surface area contributed by atoms with E-state index in [1.807, 2.05) is 0 Å². The summed E-state index contributed by atoms with van der Waals surface area (Å²) >= 11 is 0. The Kier molecular flexibility index (Phi) is 5.50. The van der Waals surface area contributed by atoms with Gasteiger partial charge in [0.2, 0.25) is 0 Å². The molecule has 2 N–H and O–H groups in total. The Morgan fingerprint density at radius 1 is 1.25 bits per heavy atom. The number of hydrogen-bond acceptors (Lipinski definition) is 2. The summed E-state index contributed by atoms with van der Waals surface area (Å²) in [6.07, 6.45) is 0.869. The second-order valence-corrected chi connectivity index (χ2v) is 4.60. The van der Waals surface area contributed by atoms with Crippen LogP contribution in [0.3, 0.4) is 0 Å². The smallest absolute Gasteiger partial charge is 0.0434 e. The van der Waals surface area contributed by atoms with E-state index in [9.17, 15) is 0 Å². The molecule has 2 heteroatoms. The number of aliphatic hydroxyl groups excluding tert-OH is 1. The van der Waals surface area contributed by atoms with Gasteiger partial charge in [-0.25, -0.2) is 0 Å². The third kappa shape index (κ3) is 3.95. The van der Waals surface area contributed by atoms with Crippen LogP contribution in [0.5, 0.6) is 0 Å². The van der Waals surface area contributed by atoms with Crippen LogP contribution in [0.25, 0.3) is 0 Å². The molecule has 1 aromatic rings. The van der Waals surface area contributed by atoms with Gasteiger partial charge in [-0.1, -0.05) is 31.2 Å². The van der Waals surface area contributed by atoms with E-state index in [0.717, 1.165) is 13.0 Å². The van der Waals surface area contributed by atoms with E-state index < -0.39 is 0 Å². The molecule has 0 aliphatic heterocycles. The van der Waals surface area contributed by atoms with Crippen LogP contribution in [-0.2, 0) is 0 Å². The number of rotatable bonds is 6. The zero-order valence-electron chi connectivity index (χ0n) is 10.5. The normalized spacial score (nSPS) is 14.8. The summed E-state index contributed by atoms with van der Waals surface area (Å²) in [5, 5.41) is 12.3. The molecule has 0 saturated carbocycles. The van der Waals surface area contributed by atoms with Crippen LogP contribution in [0.4, 0.5) is 0 Å². The van der Waals surface area contributed by atoms with Crippen LogP contribution in [-0.4, -0.2) is 18.3 Å². The average Bonchev–Trinajstić information content (AvgIpc) is 2.27. The van der Waals surface area contributed by atoms with Crippen LogP contribution >= 0.6 is 0 Å². The molecule has 0 saturated heterocycles. The zero-order valence-corrected chi connectivity index (χ0v) is 10.5. The molecule has 2 atom stereocenters. The minimum absolute atomic E-state index is 0.279. The van der Waals surface area contributed by atoms with E-state index in [1.54, 1.807) is 0 Å². The molecule has 2 nitrogen and oxygen atoms in total. The summed E-state index contributed by atoms with van der Waals surface area (Å²) in [5.41, 5.74) is 2.69. The van der Waals surface area contributed by atoms with Crippen molar-refractivity contribution < 1.29 is 5.11 Å². The summed E-state index contributed by atoms with van der Waals surface area (Å²) in [5.74, 6) is 0.525. The lowest BCUT2D eigenvalue weighted by Crippen LogP contribution is -2.25. The Hall–Kier alpha value is -0.860. The molecule has 2 unspecified atom stereocenters. The van der Waals surface area contributed by atoms with Crippen molar-refractivity contribution in [1.82, 2.24) is 5.32 Å². The molecule has 0 fully saturated rings. The van der Waals surface area contributed by atoms with Gasteiger partial charge in [-0.2, -0.15) is 0 Å². The standard InChI is InChI=1S/C14H23NO/c1-11(8-9-16)10-15-13(3)14-7-5-4-6-12(14)2/h4-7,11,13,15-16H,8-10H2,1-3H3. The molecule has 0 spiro atoms. The minimum Gasteiger partial charge on any atom is -0.396 e. The fourth-order valence-electron chi connectivity index (χ4n) is 1.88. The molecule has 16 heavy (non-hydrogen) atoms. The molecule has 0 aromatic heterocycles. The van der Waals surface area contributed by atoms with Gasteiger partial charge in [0.15, 0.2) is 0 Å². The lowest BCUT2D eigenvalue weighted by molar-refractivity contribution is 0.258. The first-order valence-electron chi connectivity index (χ1n) is 6.05. The Balaban J connectivity index is 2.46. The third-order valence-corrected chi connectivity index (χ3v) is 3.05. The van der Waals surface area contributed by atoms with E-state index in [0.29, 0.717) is 12.0 Å². The maximum atomic E-state index is 8.84. The third-order valence-electron chi connectivity index (χ3n) is 3.05. The van der Waals surface area contributed by atoms with Gasteiger partial charge in [0.25, 0.3) is 0 Å². The minimum atomic E-state index is 0.279. The quantitative estimate of drug-likeness (QED) is 0.774. The van der Waals surface area contributed by atoms with Crippen molar-refractivity contribution in [3.05, 3.63) is 35.4 Å². The topological polar surface area (TPSA) is 32.3 Å². The second-order valence-electron chi connectivity index (χ2n) is 4.60. The monoisotopic (exact) mass is 221 g/mol.